The lowest BCUT2D eigenvalue weighted by Crippen LogP contribution is -2.43. The van der Waals surface area contributed by atoms with Crippen LogP contribution in [0.4, 0.5) is 5.69 Å². The van der Waals surface area contributed by atoms with Crippen LogP contribution < -0.4 is 9.88 Å². The molecule has 1 amide bonds. The first-order valence-electron chi connectivity index (χ1n) is 6.13. The number of aryl methyl sites for hydroxylation is 1. The van der Waals surface area contributed by atoms with Crippen LogP contribution in [0, 0.1) is 6.92 Å². The van der Waals surface area contributed by atoms with E-state index in [2.05, 4.69) is 5.32 Å². The molecule has 0 spiro atoms. The minimum atomic E-state index is -0.395. The molecule has 1 heterocycles. The molecule has 0 fully saturated rings. The third kappa shape index (κ3) is 3.31. The van der Waals surface area contributed by atoms with E-state index < -0.39 is 6.04 Å². The van der Waals surface area contributed by atoms with Crippen molar-refractivity contribution in [1.29, 1.82) is 0 Å². The molecule has 2 N–H and O–H groups in total. The summed E-state index contributed by atoms with van der Waals surface area (Å²) >= 11 is 0. The SMILES string of the molecule is Cc1ccc(NC(=O)[C@@H](C)[n+]2cccc(O)c2)cc1. The molecule has 0 bridgehead atoms. The molecule has 4 nitrogen and oxygen atoms in total. The smallest absolute Gasteiger partial charge is 0.293 e. The predicted octanol–water partition coefficient (Wildman–Crippen LogP) is 2.19. The summed E-state index contributed by atoms with van der Waals surface area (Å²) in [7, 11) is 0. The molecular formula is C15H17N2O2+. The first-order chi connectivity index (χ1) is 9.06. The number of aromatic nitrogens is 1. The fraction of sp³-hybridized carbons (Fsp3) is 0.200. The maximum atomic E-state index is 12.1. The van der Waals surface area contributed by atoms with Gasteiger partial charge in [-0.15, -0.1) is 0 Å². The molecule has 0 unspecified atom stereocenters. The summed E-state index contributed by atoms with van der Waals surface area (Å²) in [5.74, 6) is 0.0111. The third-order valence-corrected chi connectivity index (χ3v) is 2.95. The van der Waals surface area contributed by atoms with Crippen molar-refractivity contribution in [3.63, 3.8) is 0 Å². The van der Waals surface area contributed by atoms with E-state index in [1.165, 1.54) is 6.20 Å². The average Bonchev–Trinajstić information content (AvgIpc) is 2.40. The zero-order chi connectivity index (χ0) is 13.8. The Kier molecular flexibility index (Phi) is 3.80. The number of carbonyl (C=O) groups is 1. The summed E-state index contributed by atoms with van der Waals surface area (Å²) in [6, 6.07) is 10.5. The minimum Gasteiger partial charge on any atom is -0.503 e. The number of hydrogen-bond donors (Lipinski definition) is 2. The maximum absolute atomic E-state index is 12.1. The van der Waals surface area contributed by atoms with Gasteiger partial charge in [-0.2, -0.15) is 4.57 Å². The fourth-order valence-corrected chi connectivity index (χ4v) is 1.74. The number of nitrogens with zero attached hydrogens (tertiary/aromatic N) is 1. The van der Waals surface area contributed by atoms with Gasteiger partial charge in [0.1, 0.15) is 0 Å². The number of amides is 1. The van der Waals surface area contributed by atoms with Gasteiger partial charge in [0.2, 0.25) is 12.2 Å². The quantitative estimate of drug-likeness (QED) is 0.828. The van der Waals surface area contributed by atoms with Gasteiger partial charge in [0.15, 0.2) is 11.9 Å². The van der Waals surface area contributed by atoms with Crippen LogP contribution in [-0.2, 0) is 4.79 Å². The molecule has 1 aromatic heterocycles. The summed E-state index contributed by atoms with van der Waals surface area (Å²) in [4.78, 5) is 12.1. The van der Waals surface area contributed by atoms with Crippen LogP contribution in [0.25, 0.3) is 0 Å². The zero-order valence-corrected chi connectivity index (χ0v) is 11.0. The lowest BCUT2D eigenvalue weighted by Gasteiger charge is -2.09. The van der Waals surface area contributed by atoms with Gasteiger partial charge in [-0.3, -0.25) is 4.79 Å². The van der Waals surface area contributed by atoms with Crippen LogP contribution in [0.5, 0.6) is 5.75 Å². The van der Waals surface area contributed by atoms with Crippen molar-refractivity contribution in [3.8, 4) is 5.75 Å². The fourth-order valence-electron chi connectivity index (χ4n) is 1.74. The molecule has 4 heteroatoms. The Morgan fingerprint density at radius 3 is 2.58 bits per heavy atom. The van der Waals surface area contributed by atoms with Crippen molar-refractivity contribution < 1.29 is 14.5 Å². The normalized spacial score (nSPS) is 11.9. The van der Waals surface area contributed by atoms with Gasteiger partial charge in [-0.1, -0.05) is 17.7 Å². The highest BCUT2D eigenvalue weighted by Crippen LogP contribution is 2.11. The van der Waals surface area contributed by atoms with Crippen molar-refractivity contribution >= 4 is 11.6 Å². The molecular weight excluding hydrogens is 240 g/mol. The molecule has 2 rings (SSSR count). The number of nitrogens with one attached hydrogen (secondary N) is 1. The molecule has 0 aliphatic carbocycles. The first kappa shape index (κ1) is 13.1. The van der Waals surface area contributed by atoms with E-state index in [1.807, 2.05) is 31.2 Å². The van der Waals surface area contributed by atoms with Crippen LogP contribution in [0.1, 0.15) is 18.5 Å². The molecule has 0 saturated carbocycles. The number of hydrogen-bond acceptors (Lipinski definition) is 2. The van der Waals surface area contributed by atoms with Crippen LogP contribution in [0.3, 0.4) is 0 Å². The highest BCUT2D eigenvalue weighted by atomic mass is 16.3. The van der Waals surface area contributed by atoms with E-state index >= 15 is 0 Å². The summed E-state index contributed by atoms with van der Waals surface area (Å²) in [6.07, 6.45) is 3.28. The second-order valence-corrected chi connectivity index (χ2v) is 4.54. The largest absolute Gasteiger partial charge is 0.503 e. The lowest BCUT2D eigenvalue weighted by molar-refractivity contribution is -0.705. The number of benzene rings is 1. The summed E-state index contributed by atoms with van der Waals surface area (Å²) < 4.78 is 1.67. The van der Waals surface area contributed by atoms with E-state index in [4.69, 9.17) is 0 Å². The van der Waals surface area contributed by atoms with Crippen molar-refractivity contribution in [3.05, 3.63) is 54.4 Å². The Balaban J connectivity index is 2.09. The van der Waals surface area contributed by atoms with Gasteiger partial charge in [-0.05, 0) is 25.1 Å². The molecule has 1 atom stereocenters. The molecule has 19 heavy (non-hydrogen) atoms. The summed E-state index contributed by atoms with van der Waals surface area (Å²) in [5, 5.41) is 12.3. The number of rotatable bonds is 3. The van der Waals surface area contributed by atoms with E-state index in [1.54, 1.807) is 29.8 Å². The van der Waals surface area contributed by atoms with Crippen LogP contribution >= 0.6 is 0 Å². The first-order valence-corrected chi connectivity index (χ1v) is 6.13. The Hall–Kier alpha value is -2.36. The van der Waals surface area contributed by atoms with E-state index in [-0.39, 0.29) is 11.7 Å². The van der Waals surface area contributed by atoms with Crippen LogP contribution in [-0.4, -0.2) is 11.0 Å². The second kappa shape index (κ2) is 5.52. The Morgan fingerprint density at radius 2 is 1.95 bits per heavy atom. The molecule has 98 valence electrons. The number of anilines is 1. The van der Waals surface area contributed by atoms with Crippen LogP contribution in [0.15, 0.2) is 48.8 Å². The number of aromatic hydroxyl groups is 1. The molecule has 1 aromatic carbocycles. The Morgan fingerprint density at radius 1 is 1.26 bits per heavy atom. The van der Waals surface area contributed by atoms with Crippen molar-refractivity contribution in [2.45, 2.75) is 19.9 Å². The molecule has 0 aliphatic rings. The highest BCUT2D eigenvalue weighted by molar-refractivity contribution is 5.92. The lowest BCUT2D eigenvalue weighted by atomic mass is 10.2. The molecule has 0 saturated heterocycles. The van der Waals surface area contributed by atoms with Gasteiger partial charge in [0.05, 0.1) is 0 Å². The molecule has 0 radical (unpaired) electrons. The van der Waals surface area contributed by atoms with Gasteiger partial charge in [-0.25, -0.2) is 0 Å². The maximum Gasteiger partial charge on any atom is 0.293 e. The van der Waals surface area contributed by atoms with Gasteiger partial charge < -0.3 is 10.4 Å². The van der Waals surface area contributed by atoms with Gasteiger partial charge in [0.25, 0.3) is 5.91 Å². The predicted molar refractivity (Wildman–Crippen MR) is 72.8 cm³/mol. The summed E-state index contributed by atoms with van der Waals surface area (Å²) in [5.41, 5.74) is 1.91. The topological polar surface area (TPSA) is 53.2 Å². The third-order valence-electron chi connectivity index (χ3n) is 2.95. The average molecular weight is 257 g/mol. The molecule has 2 aromatic rings. The Bertz CT molecular complexity index is 579. The van der Waals surface area contributed by atoms with E-state index in [9.17, 15) is 9.90 Å². The van der Waals surface area contributed by atoms with E-state index in [0.717, 1.165) is 11.3 Å². The van der Waals surface area contributed by atoms with Gasteiger partial charge >= 0.3 is 0 Å². The van der Waals surface area contributed by atoms with Crippen molar-refractivity contribution in [1.82, 2.24) is 0 Å². The standard InChI is InChI=1S/C15H16N2O2/c1-11-5-7-13(8-6-11)16-15(19)12(2)17-9-3-4-14(18)10-17/h3-10,12H,1-2H3,(H-,16,18,19)/p+1/t12-/m1/s1. The van der Waals surface area contributed by atoms with Crippen LogP contribution in [0.2, 0.25) is 0 Å². The minimum absolute atomic E-state index is 0.126. The molecule has 0 aliphatic heterocycles. The second-order valence-electron chi connectivity index (χ2n) is 4.54. The highest BCUT2D eigenvalue weighted by Gasteiger charge is 2.22. The Labute approximate surface area is 112 Å². The van der Waals surface area contributed by atoms with Crippen molar-refractivity contribution in [2.75, 3.05) is 5.32 Å². The van der Waals surface area contributed by atoms with E-state index in [0.29, 0.717) is 0 Å². The monoisotopic (exact) mass is 257 g/mol. The zero-order valence-electron chi connectivity index (χ0n) is 11.0. The van der Waals surface area contributed by atoms with Crippen molar-refractivity contribution in [2.24, 2.45) is 0 Å². The summed E-state index contributed by atoms with van der Waals surface area (Å²) in [6.45, 7) is 3.78. The number of carbonyl (C=O) groups excluding carboxylic acids is 1. The van der Waals surface area contributed by atoms with Gasteiger partial charge in [0, 0.05) is 18.7 Å². The number of pyridine rings is 1.